The molecule has 0 heterocycles. The van der Waals surface area contributed by atoms with E-state index in [9.17, 15) is 8.63 Å². The third kappa shape index (κ3) is 1.36. The van der Waals surface area contributed by atoms with Gasteiger partial charge in [-0.1, -0.05) is 30.3 Å². The molecule has 1 saturated carbocycles. The van der Waals surface area contributed by atoms with E-state index in [0.717, 1.165) is 5.56 Å². The molecular weight excluding hydrogens is 157 g/mol. The summed E-state index contributed by atoms with van der Waals surface area (Å²) < 4.78 is 24.3. The lowest BCUT2D eigenvalue weighted by molar-refractivity contribution is 0.647. The van der Waals surface area contributed by atoms with E-state index >= 15 is 0 Å². The molecule has 62 valence electrons. The molecule has 0 amide bonds. The second-order valence-corrected chi connectivity index (χ2v) is 3.25. The van der Waals surface area contributed by atoms with Gasteiger partial charge in [0.1, 0.15) is 0 Å². The molecule has 1 fully saturated rings. The van der Waals surface area contributed by atoms with Gasteiger partial charge in [0.25, 0.3) is 0 Å². The fourth-order valence-corrected chi connectivity index (χ4v) is 1.58. The molecule has 12 heavy (non-hydrogen) atoms. The van der Waals surface area contributed by atoms with Gasteiger partial charge in [0.2, 0.25) is 0 Å². The zero-order chi connectivity index (χ0) is 8.55. The van der Waals surface area contributed by atoms with E-state index in [1.807, 2.05) is 30.3 Å². The Morgan fingerprint density at radius 3 is 2.33 bits per heavy atom. The Kier molecular flexibility index (Phi) is 1.87. The molecule has 0 N–H and O–H groups in total. The topological polar surface area (TPSA) is 0 Å². The van der Waals surface area contributed by atoms with Crippen molar-refractivity contribution in [1.29, 1.82) is 0 Å². The van der Waals surface area contributed by atoms with E-state index in [1.165, 1.54) is 0 Å². The van der Waals surface area contributed by atoms with Gasteiger partial charge in [0, 0.05) is 5.82 Å². The van der Waals surface area contributed by atoms with Gasteiger partial charge >= 0.3 is 7.27 Å². The smallest absolute Gasteiger partial charge is 0.287 e. The van der Waals surface area contributed by atoms with Crippen LogP contribution in [0.1, 0.15) is 17.9 Å². The Balaban J connectivity index is 2.06. The summed E-state index contributed by atoms with van der Waals surface area (Å²) in [6, 6.07) is 9.55. The van der Waals surface area contributed by atoms with Crippen LogP contribution < -0.4 is 0 Å². The monoisotopic (exact) mass is 166 g/mol. The van der Waals surface area contributed by atoms with Crippen molar-refractivity contribution < 1.29 is 8.63 Å². The van der Waals surface area contributed by atoms with Gasteiger partial charge in [-0.15, -0.1) is 0 Å². The third-order valence-electron chi connectivity index (χ3n) is 2.39. The standard InChI is InChI=1S/C9H9BF2/c11-10(12)9-6-8(9)7-4-2-1-3-5-7/h1-5,8-9H,6H2. The Labute approximate surface area is 70.8 Å². The van der Waals surface area contributed by atoms with E-state index in [0.29, 0.717) is 6.42 Å². The lowest BCUT2D eigenvalue weighted by atomic mass is 9.87. The highest BCUT2D eigenvalue weighted by atomic mass is 19.2. The van der Waals surface area contributed by atoms with E-state index < -0.39 is 7.27 Å². The number of rotatable bonds is 2. The summed E-state index contributed by atoms with van der Waals surface area (Å²) in [5.41, 5.74) is 1.06. The molecule has 0 aromatic heterocycles. The molecular formula is C9H9BF2. The van der Waals surface area contributed by atoms with E-state index in [4.69, 9.17) is 0 Å². The number of hydrogen-bond acceptors (Lipinski definition) is 0. The van der Waals surface area contributed by atoms with Crippen LogP contribution in [-0.4, -0.2) is 7.27 Å². The Morgan fingerprint density at radius 2 is 1.83 bits per heavy atom. The molecule has 1 aliphatic rings. The zero-order valence-electron chi connectivity index (χ0n) is 6.58. The lowest BCUT2D eigenvalue weighted by Gasteiger charge is -1.96. The zero-order valence-corrected chi connectivity index (χ0v) is 6.58. The van der Waals surface area contributed by atoms with Crippen molar-refractivity contribution in [2.75, 3.05) is 0 Å². The summed E-state index contributed by atoms with van der Waals surface area (Å²) >= 11 is 0. The molecule has 0 nitrogen and oxygen atoms in total. The van der Waals surface area contributed by atoms with Gasteiger partial charge in [0.15, 0.2) is 0 Å². The van der Waals surface area contributed by atoms with Crippen LogP contribution in [0.3, 0.4) is 0 Å². The van der Waals surface area contributed by atoms with E-state index in [2.05, 4.69) is 0 Å². The van der Waals surface area contributed by atoms with Gasteiger partial charge in [0.05, 0.1) is 0 Å². The van der Waals surface area contributed by atoms with E-state index in [1.54, 1.807) is 0 Å². The normalized spacial score (nSPS) is 26.8. The van der Waals surface area contributed by atoms with Crippen LogP contribution in [0, 0.1) is 0 Å². The average molecular weight is 166 g/mol. The van der Waals surface area contributed by atoms with Gasteiger partial charge in [-0.25, -0.2) is 0 Å². The highest BCUT2D eigenvalue weighted by Crippen LogP contribution is 2.54. The predicted molar refractivity (Wildman–Crippen MR) is 45.5 cm³/mol. The number of benzene rings is 1. The van der Waals surface area contributed by atoms with Gasteiger partial charge in [-0.2, -0.15) is 0 Å². The van der Waals surface area contributed by atoms with Crippen LogP contribution in [0.25, 0.3) is 0 Å². The Hall–Kier alpha value is -0.855. The first-order valence-electron chi connectivity index (χ1n) is 4.12. The molecule has 3 heteroatoms. The quantitative estimate of drug-likeness (QED) is 0.592. The van der Waals surface area contributed by atoms with Crippen molar-refractivity contribution >= 4 is 7.27 Å². The summed E-state index contributed by atoms with van der Waals surface area (Å²) in [4.78, 5) is 0. The maximum Gasteiger partial charge on any atom is 0.541 e. The van der Waals surface area contributed by atoms with Crippen molar-refractivity contribution in [3.8, 4) is 0 Å². The fourth-order valence-electron chi connectivity index (χ4n) is 1.58. The molecule has 1 aromatic carbocycles. The fraction of sp³-hybridized carbons (Fsp3) is 0.333. The van der Waals surface area contributed by atoms with E-state index in [-0.39, 0.29) is 11.7 Å². The molecule has 2 rings (SSSR count). The van der Waals surface area contributed by atoms with Gasteiger partial charge < -0.3 is 0 Å². The lowest BCUT2D eigenvalue weighted by Crippen LogP contribution is -1.96. The third-order valence-corrected chi connectivity index (χ3v) is 2.39. The molecule has 0 bridgehead atoms. The summed E-state index contributed by atoms with van der Waals surface area (Å²) in [6.07, 6.45) is 0.654. The summed E-state index contributed by atoms with van der Waals surface area (Å²) in [7, 11) is -2.14. The van der Waals surface area contributed by atoms with Gasteiger partial charge in [-0.05, 0) is 17.9 Å². The number of halogens is 2. The first-order valence-corrected chi connectivity index (χ1v) is 4.12. The van der Waals surface area contributed by atoms with Crippen LogP contribution in [0.2, 0.25) is 5.82 Å². The maximum atomic E-state index is 12.2. The second kappa shape index (κ2) is 2.89. The Bertz CT molecular complexity index is 260. The SMILES string of the molecule is FB(F)C1CC1c1ccccc1. The van der Waals surface area contributed by atoms with Crippen LogP contribution >= 0.6 is 0 Å². The van der Waals surface area contributed by atoms with Crippen molar-refractivity contribution in [3.63, 3.8) is 0 Å². The largest absolute Gasteiger partial charge is 0.541 e. The minimum absolute atomic E-state index is 0.117. The molecule has 2 atom stereocenters. The predicted octanol–water partition coefficient (Wildman–Crippen LogP) is 2.97. The van der Waals surface area contributed by atoms with Crippen LogP contribution in [-0.2, 0) is 0 Å². The molecule has 0 aliphatic heterocycles. The van der Waals surface area contributed by atoms with Crippen LogP contribution in [0.15, 0.2) is 30.3 Å². The molecule has 1 aliphatic carbocycles. The van der Waals surface area contributed by atoms with Crippen LogP contribution in [0.5, 0.6) is 0 Å². The summed E-state index contributed by atoms with van der Waals surface area (Å²) in [6.45, 7) is 0. The molecule has 0 spiro atoms. The van der Waals surface area contributed by atoms with Gasteiger partial charge in [-0.3, -0.25) is 8.63 Å². The first-order chi connectivity index (χ1) is 5.79. The summed E-state index contributed by atoms with van der Waals surface area (Å²) in [5.74, 6) is -0.265. The van der Waals surface area contributed by atoms with Crippen LogP contribution in [0.4, 0.5) is 8.63 Å². The maximum absolute atomic E-state index is 12.2. The second-order valence-electron chi connectivity index (χ2n) is 3.25. The first kappa shape index (κ1) is 7.78. The highest BCUT2D eigenvalue weighted by molar-refractivity contribution is 6.46. The van der Waals surface area contributed by atoms with Crippen molar-refractivity contribution in [1.82, 2.24) is 0 Å². The highest BCUT2D eigenvalue weighted by Gasteiger charge is 2.48. The average Bonchev–Trinajstić information content (AvgIpc) is 2.84. The minimum atomic E-state index is -2.14. The van der Waals surface area contributed by atoms with Crippen molar-refractivity contribution in [3.05, 3.63) is 35.9 Å². The summed E-state index contributed by atoms with van der Waals surface area (Å²) in [5, 5.41) is 0. The molecule has 1 aromatic rings. The van der Waals surface area contributed by atoms with Crippen molar-refractivity contribution in [2.45, 2.75) is 18.2 Å². The molecule has 0 saturated heterocycles. The Morgan fingerprint density at radius 1 is 1.17 bits per heavy atom. The van der Waals surface area contributed by atoms with Crippen molar-refractivity contribution in [2.24, 2.45) is 0 Å². The molecule has 2 unspecified atom stereocenters. The molecule has 0 radical (unpaired) electrons. The minimum Gasteiger partial charge on any atom is -0.287 e. The number of hydrogen-bond donors (Lipinski definition) is 0.